The van der Waals surface area contributed by atoms with Crippen LogP contribution in [0.15, 0.2) is 64.6 Å². The van der Waals surface area contributed by atoms with Crippen molar-refractivity contribution in [3.8, 4) is 23.4 Å². The molecule has 2 N–H and O–H groups in total. The van der Waals surface area contributed by atoms with E-state index >= 15 is 0 Å². The van der Waals surface area contributed by atoms with Gasteiger partial charge in [-0.05, 0) is 24.3 Å². The van der Waals surface area contributed by atoms with E-state index in [0.29, 0.717) is 21.8 Å². The Morgan fingerprint density at radius 1 is 0.917 bits per heavy atom. The largest absolute Gasteiger partial charge is 0.383 e. The first-order valence-corrected chi connectivity index (χ1v) is 7.84. The van der Waals surface area contributed by atoms with Crippen molar-refractivity contribution in [2.24, 2.45) is 0 Å². The minimum atomic E-state index is 0.0931. The van der Waals surface area contributed by atoms with Crippen molar-refractivity contribution in [2.45, 2.75) is 9.92 Å². The van der Waals surface area contributed by atoms with Gasteiger partial charge in [0, 0.05) is 16.7 Å². The van der Waals surface area contributed by atoms with Crippen LogP contribution in [0, 0.1) is 22.7 Å². The minimum absolute atomic E-state index is 0.0931. The molecule has 2 aromatic heterocycles. The van der Waals surface area contributed by atoms with Crippen molar-refractivity contribution in [2.75, 3.05) is 5.73 Å². The average Bonchev–Trinajstić information content (AvgIpc) is 2.63. The summed E-state index contributed by atoms with van der Waals surface area (Å²) in [5.74, 6) is 0.0931. The van der Waals surface area contributed by atoms with Crippen LogP contribution in [-0.4, -0.2) is 9.97 Å². The van der Waals surface area contributed by atoms with Gasteiger partial charge in [-0.3, -0.25) is 4.98 Å². The summed E-state index contributed by atoms with van der Waals surface area (Å²) in [6.07, 6.45) is 1.61. The van der Waals surface area contributed by atoms with Crippen LogP contribution >= 0.6 is 11.8 Å². The van der Waals surface area contributed by atoms with E-state index in [-0.39, 0.29) is 11.4 Å². The second-order valence-electron chi connectivity index (χ2n) is 4.78. The first kappa shape index (κ1) is 15.5. The Morgan fingerprint density at radius 2 is 1.62 bits per heavy atom. The molecule has 0 radical (unpaired) electrons. The van der Waals surface area contributed by atoms with Crippen molar-refractivity contribution in [1.82, 2.24) is 9.97 Å². The quantitative estimate of drug-likeness (QED) is 0.788. The summed E-state index contributed by atoms with van der Waals surface area (Å²) >= 11 is 1.33. The van der Waals surface area contributed by atoms with Crippen LogP contribution in [0.3, 0.4) is 0 Å². The third kappa shape index (κ3) is 2.91. The van der Waals surface area contributed by atoms with E-state index in [1.54, 1.807) is 24.4 Å². The number of pyridine rings is 2. The van der Waals surface area contributed by atoms with Gasteiger partial charge in [-0.15, -0.1) is 0 Å². The smallest absolute Gasteiger partial charge is 0.143 e. The first-order chi connectivity index (χ1) is 11.7. The fraction of sp³-hybridized carbons (Fsp3) is 0. The molecule has 0 aliphatic carbocycles. The van der Waals surface area contributed by atoms with Gasteiger partial charge in [0.2, 0.25) is 0 Å². The van der Waals surface area contributed by atoms with Crippen LogP contribution in [0.5, 0.6) is 0 Å². The number of nitrogens with two attached hydrogens (primary N) is 1. The molecule has 5 nitrogen and oxygen atoms in total. The van der Waals surface area contributed by atoms with Gasteiger partial charge >= 0.3 is 0 Å². The zero-order valence-electron chi connectivity index (χ0n) is 12.5. The maximum Gasteiger partial charge on any atom is 0.143 e. The van der Waals surface area contributed by atoms with Gasteiger partial charge in [0.05, 0.1) is 11.3 Å². The molecular weight excluding hydrogens is 318 g/mol. The lowest BCUT2D eigenvalue weighted by atomic mass is 10.0. The van der Waals surface area contributed by atoms with E-state index < -0.39 is 0 Å². The summed E-state index contributed by atoms with van der Waals surface area (Å²) in [4.78, 5) is 9.45. The number of nitrogens with zero attached hydrogens (tertiary/aromatic N) is 4. The van der Waals surface area contributed by atoms with Crippen LogP contribution in [-0.2, 0) is 0 Å². The standard InChI is InChI=1S/C18H11N5S/c19-10-13-16(15-8-4-5-9-22-15)14(11-20)18(23-17(13)21)24-12-6-2-1-3-7-12/h1-9H,(H2,21,23). The summed E-state index contributed by atoms with van der Waals surface area (Å²) in [5.41, 5.74) is 7.38. The summed E-state index contributed by atoms with van der Waals surface area (Å²) in [6, 6.07) is 19.1. The molecule has 2 heterocycles. The van der Waals surface area contributed by atoms with Gasteiger partial charge in [0.15, 0.2) is 0 Å². The van der Waals surface area contributed by atoms with Gasteiger partial charge in [-0.1, -0.05) is 36.0 Å². The van der Waals surface area contributed by atoms with Gasteiger partial charge in [-0.25, -0.2) is 4.98 Å². The molecule has 24 heavy (non-hydrogen) atoms. The second kappa shape index (κ2) is 6.82. The Bertz CT molecular complexity index is 957. The van der Waals surface area contributed by atoms with Crippen LogP contribution in [0.1, 0.15) is 11.1 Å². The highest BCUT2D eigenvalue weighted by Gasteiger charge is 2.21. The number of anilines is 1. The van der Waals surface area contributed by atoms with Crippen molar-refractivity contribution >= 4 is 17.6 Å². The highest BCUT2D eigenvalue weighted by atomic mass is 32.2. The van der Waals surface area contributed by atoms with Crippen molar-refractivity contribution in [3.63, 3.8) is 0 Å². The monoisotopic (exact) mass is 329 g/mol. The zero-order chi connectivity index (χ0) is 16.9. The molecule has 1 aromatic carbocycles. The SMILES string of the molecule is N#Cc1c(N)nc(Sc2ccccc2)c(C#N)c1-c1ccccn1. The summed E-state index contributed by atoms with van der Waals surface area (Å²) in [5, 5.41) is 19.6. The summed E-state index contributed by atoms with van der Waals surface area (Å²) < 4.78 is 0. The van der Waals surface area contributed by atoms with Crippen LogP contribution in [0.4, 0.5) is 5.82 Å². The summed E-state index contributed by atoms with van der Waals surface area (Å²) in [7, 11) is 0. The fourth-order valence-electron chi connectivity index (χ4n) is 2.24. The molecule has 0 unspecified atom stereocenters. The molecule has 0 aliphatic rings. The third-order valence-electron chi connectivity index (χ3n) is 3.29. The molecule has 3 aromatic rings. The number of hydrogen-bond acceptors (Lipinski definition) is 6. The van der Waals surface area contributed by atoms with Crippen LogP contribution < -0.4 is 5.73 Å². The Labute approximate surface area is 143 Å². The molecule has 0 atom stereocenters. The van der Waals surface area contributed by atoms with Gasteiger partial charge < -0.3 is 5.73 Å². The second-order valence-corrected chi connectivity index (χ2v) is 5.84. The topological polar surface area (TPSA) is 99.4 Å². The van der Waals surface area contributed by atoms with Crippen LogP contribution in [0.25, 0.3) is 11.3 Å². The van der Waals surface area contributed by atoms with Crippen LogP contribution in [0.2, 0.25) is 0 Å². The maximum atomic E-state index is 9.67. The molecule has 3 rings (SSSR count). The van der Waals surface area contributed by atoms with Gasteiger partial charge in [0.1, 0.15) is 28.5 Å². The van der Waals surface area contributed by atoms with E-state index in [1.807, 2.05) is 36.4 Å². The predicted octanol–water partition coefficient (Wildman–Crippen LogP) is 3.62. The Morgan fingerprint density at radius 3 is 2.25 bits per heavy atom. The van der Waals surface area contributed by atoms with E-state index in [4.69, 9.17) is 5.73 Å². The van der Waals surface area contributed by atoms with Gasteiger partial charge in [0.25, 0.3) is 0 Å². The van der Waals surface area contributed by atoms with Gasteiger partial charge in [-0.2, -0.15) is 10.5 Å². The Kier molecular flexibility index (Phi) is 4.42. The highest BCUT2D eigenvalue weighted by molar-refractivity contribution is 7.99. The van der Waals surface area contributed by atoms with Crippen molar-refractivity contribution in [1.29, 1.82) is 10.5 Å². The molecular formula is C18H11N5S. The number of hydrogen-bond donors (Lipinski definition) is 1. The van der Waals surface area contributed by atoms with E-state index in [0.717, 1.165) is 4.90 Å². The molecule has 114 valence electrons. The predicted molar refractivity (Wildman–Crippen MR) is 91.9 cm³/mol. The lowest BCUT2D eigenvalue weighted by molar-refractivity contribution is 1.11. The Balaban J connectivity index is 2.24. The maximum absolute atomic E-state index is 9.67. The molecule has 0 bridgehead atoms. The van der Waals surface area contributed by atoms with E-state index in [9.17, 15) is 10.5 Å². The summed E-state index contributed by atoms with van der Waals surface area (Å²) in [6.45, 7) is 0. The third-order valence-corrected chi connectivity index (χ3v) is 4.29. The number of nitrogen functional groups attached to an aromatic ring is 1. The fourth-order valence-corrected chi connectivity index (χ4v) is 3.15. The normalized spacial score (nSPS) is 9.92. The number of rotatable bonds is 3. The molecule has 0 amide bonds. The number of benzene rings is 1. The molecule has 6 heteroatoms. The number of aromatic nitrogens is 2. The molecule has 0 spiro atoms. The first-order valence-electron chi connectivity index (χ1n) is 7.02. The zero-order valence-corrected chi connectivity index (χ0v) is 13.3. The average molecular weight is 329 g/mol. The molecule has 0 saturated heterocycles. The van der Waals surface area contributed by atoms with E-state index in [1.165, 1.54) is 11.8 Å². The molecule has 0 aliphatic heterocycles. The lowest BCUT2D eigenvalue weighted by Crippen LogP contribution is -2.03. The molecule has 0 saturated carbocycles. The number of nitriles is 2. The van der Waals surface area contributed by atoms with E-state index in [2.05, 4.69) is 16.0 Å². The minimum Gasteiger partial charge on any atom is -0.383 e. The van der Waals surface area contributed by atoms with Crippen molar-refractivity contribution in [3.05, 3.63) is 65.9 Å². The van der Waals surface area contributed by atoms with Crippen molar-refractivity contribution < 1.29 is 0 Å². The highest BCUT2D eigenvalue weighted by Crippen LogP contribution is 2.37. The Hall–Kier alpha value is -3.35. The lowest BCUT2D eigenvalue weighted by Gasteiger charge is -2.12. The molecule has 0 fully saturated rings.